The van der Waals surface area contributed by atoms with E-state index >= 15 is 0 Å². The molecule has 3 atom stereocenters. The van der Waals surface area contributed by atoms with E-state index in [9.17, 15) is 9.59 Å². The molecule has 1 aromatic heterocycles. The second-order valence-corrected chi connectivity index (χ2v) is 6.35. The van der Waals surface area contributed by atoms with Gasteiger partial charge in [0.15, 0.2) is 0 Å². The molecule has 0 bridgehead atoms. The Kier molecular flexibility index (Phi) is 5.11. The van der Waals surface area contributed by atoms with Gasteiger partial charge in [0, 0.05) is 38.6 Å². The molecule has 0 aromatic carbocycles. The maximum Gasteiger partial charge on any atom is 0.254 e. The van der Waals surface area contributed by atoms with Crippen LogP contribution in [0.2, 0.25) is 0 Å². The number of rotatable bonds is 4. The predicted octanol–water partition coefficient (Wildman–Crippen LogP) is 0.558. The molecule has 1 saturated heterocycles. The van der Waals surface area contributed by atoms with Crippen LogP contribution in [-0.2, 0) is 14.3 Å². The average molecular weight is 333 g/mol. The van der Waals surface area contributed by atoms with Gasteiger partial charge in [-0.05, 0) is 25.0 Å². The highest BCUT2D eigenvalue weighted by Gasteiger charge is 2.45. The number of pyridine rings is 1. The lowest BCUT2D eigenvalue weighted by Gasteiger charge is -2.39. The quantitative estimate of drug-likeness (QED) is 0.805. The molecule has 2 amide bonds. The fourth-order valence-electron chi connectivity index (χ4n) is 3.31. The van der Waals surface area contributed by atoms with Crippen molar-refractivity contribution in [3.05, 3.63) is 30.1 Å². The molecule has 0 radical (unpaired) electrons. The van der Waals surface area contributed by atoms with Crippen molar-refractivity contribution in [3.63, 3.8) is 0 Å². The van der Waals surface area contributed by atoms with Gasteiger partial charge in [-0.1, -0.05) is 0 Å². The van der Waals surface area contributed by atoms with E-state index in [4.69, 9.17) is 9.47 Å². The minimum Gasteiger partial charge on any atom is -0.372 e. The third-order valence-corrected chi connectivity index (χ3v) is 4.64. The van der Waals surface area contributed by atoms with Crippen molar-refractivity contribution in [1.29, 1.82) is 0 Å². The van der Waals surface area contributed by atoms with Crippen LogP contribution < -0.4 is 0 Å². The van der Waals surface area contributed by atoms with Crippen molar-refractivity contribution in [1.82, 2.24) is 14.8 Å². The summed E-state index contributed by atoms with van der Waals surface area (Å²) in [6.07, 6.45) is 4.54. The summed E-state index contributed by atoms with van der Waals surface area (Å²) in [6, 6.07) is 3.45. The lowest BCUT2D eigenvalue weighted by molar-refractivity contribution is -0.142. The van der Waals surface area contributed by atoms with Crippen LogP contribution in [0, 0.1) is 0 Å². The van der Waals surface area contributed by atoms with Crippen molar-refractivity contribution in [2.75, 3.05) is 33.9 Å². The van der Waals surface area contributed by atoms with Crippen LogP contribution in [0.4, 0.5) is 0 Å². The molecule has 1 saturated carbocycles. The van der Waals surface area contributed by atoms with Gasteiger partial charge in [-0.25, -0.2) is 0 Å². The van der Waals surface area contributed by atoms with Gasteiger partial charge in [-0.3, -0.25) is 14.6 Å². The number of nitrogens with zero attached hydrogens (tertiary/aromatic N) is 3. The molecule has 7 heteroatoms. The summed E-state index contributed by atoms with van der Waals surface area (Å²) in [6.45, 7) is 1.10. The third-order valence-electron chi connectivity index (χ3n) is 4.64. The van der Waals surface area contributed by atoms with Crippen molar-refractivity contribution in [2.45, 2.75) is 31.1 Å². The number of ether oxygens (including phenoxy) is 2. The monoisotopic (exact) mass is 333 g/mol. The lowest BCUT2D eigenvalue weighted by atomic mass is 10.1. The fraction of sp³-hybridized carbons (Fsp3) is 0.588. The van der Waals surface area contributed by atoms with Crippen LogP contribution in [0.15, 0.2) is 24.5 Å². The van der Waals surface area contributed by atoms with Gasteiger partial charge in [0.2, 0.25) is 5.91 Å². The second-order valence-electron chi connectivity index (χ2n) is 6.35. The highest BCUT2D eigenvalue weighted by molar-refractivity contribution is 5.94. The molecule has 0 N–H and O–H groups in total. The first kappa shape index (κ1) is 16.9. The van der Waals surface area contributed by atoms with Gasteiger partial charge in [-0.15, -0.1) is 0 Å². The SMILES string of the molecule is CN(C)C(=O)CO[C@@H]1CC[C@H]2[C@H]1OCCN2C(=O)c1ccncc1. The van der Waals surface area contributed by atoms with E-state index in [1.54, 1.807) is 38.6 Å². The van der Waals surface area contributed by atoms with E-state index in [2.05, 4.69) is 4.98 Å². The summed E-state index contributed by atoms with van der Waals surface area (Å²) in [5.74, 6) is -0.0697. The fourth-order valence-corrected chi connectivity index (χ4v) is 3.31. The summed E-state index contributed by atoms with van der Waals surface area (Å²) in [4.78, 5) is 31.8. The number of hydrogen-bond donors (Lipinski definition) is 0. The summed E-state index contributed by atoms with van der Waals surface area (Å²) in [7, 11) is 3.41. The van der Waals surface area contributed by atoms with Crippen LogP contribution in [0.1, 0.15) is 23.2 Å². The molecule has 7 nitrogen and oxygen atoms in total. The number of aromatic nitrogens is 1. The molecule has 3 rings (SSSR count). The van der Waals surface area contributed by atoms with Crippen molar-refractivity contribution < 1.29 is 19.1 Å². The lowest BCUT2D eigenvalue weighted by Crippen LogP contribution is -2.54. The predicted molar refractivity (Wildman–Crippen MR) is 86.5 cm³/mol. The molecular weight excluding hydrogens is 310 g/mol. The van der Waals surface area contributed by atoms with Gasteiger partial charge >= 0.3 is 0 Å². The average Bonchev–Trinajstić information content (AvgIpc) is 3.02. The number of hydrogen-bond acceptors (Lipinski definition) is 5. The largest absolute Gasteiger partial charge is 0.372 e. The summed E-state index contributed by atoms with van der Waals surface area (Å²) in [5, 5.41) is 0. The Morgan fingerprint density at radius 1 is 1.33 bits per heavy atom. The second kappa shape index (κ2) is 7.27. The number of carbonyl (C=O) groups is 2. The molecule has 0 unspecified atom stereocenters. The molecule has 2 fully saturated rings. The number of fused-ring (bicyclic) bond motifs is 1. The summed E-state index contributed by atoms with van der Waals surface area (Å²) < 4.78 is 11.6. The summed E-state index contributed by atoms with van der Waals surface area (Å²) in [5.41, 5.74) is 0.637. The molecule has 130 valence electrons. The number of amides is 2. The van der Waals surface area contributed by atoms with Gasteiger partial charge in [0.25, 0.3) is 5.91 Å². The van der Waals surface area contributed by atoms with Crippen LogP contribution in [0.3, 0.4) is 0 Å². The molecule has 1 aliphatic carbocycles. The van der Waals surface area contributed by atoms with E-state index < -0.39 is 0 Å². The number of carbonyl (C=O) groups excluding carboxylic acids is 2. The minimum atomic E-state index is -0.167. The van der Waals surface area contributed by atoms with Gasteiger partial charge in [0.05, 0.1) is 18.8 Å². The first-order chi connectivity index (χ1) is 11.6. The maximum absolute atomic E-state index is 12.7. The highest BCUT2D eigenvalue weighted by atomic mass is 16.5. The molecule has 0 spiro atoms. The molecular formula is C17H23N3O4. The molecule has 1 aliphatic heterocycles. The van der Waals surface area contributed by atoms with E-state index in [1.807, 2.05) is 4.90 Å². The molecule has 24 heavy (non-hydrogen) atoms. The van der Waals surface area contributed by atoms with Gasteiger partial charge < -0.3 is 19.3 Å². The Labute approximate surface area is 141 Å². The molecule has 1 aromatic rings. The van der Waals surface area contributed by atoms with Crippen molar-refractivity contribution >= 4 is 11.8 Å². The normalized spacial score (nSPS) is 26.1. The Morgan fingerprint density at radius 2 is 2.08 bits per heavy atom. The van der Waals surface area contributed by atoms with E-state index in [0.717, 1.165) is 12.8 Å². The number of morpholine rings is 1. The Bertz CT molecular complexity index is 593. The molecule has 2 aliphatic rings. The minimum absolute atomic E-state index is 0.000665. The van der Waals surface area contributed by atoms with Gasteiger partial charge in [-0.2, -0.15) is 0 Å². The first-order valence-corrected chi connectivity index (χ1v) is 8.22. The standard InChI is InChI=1S/C17H23N3O4/c1-19(2)15(21)11-24-14-4-3-13-16(14)23-10-9-20(13)17(22)12-5-7-18-8-6-12/h5-8,13-14,16H,3-4,9-11H2,1-2H3/t13-,14+,16+/m0/s1. The Balaban J connectivity index is 1.65. The third kappa shape index (κ3) is 3.42. The Hall–Kier alpha value is -1.99. The smallest absolute Gasteiger partial charge is 0.254 e. The van der Waals surface area contributed by atoms with Gasteiger partial charge in [0.1, 0.15) is 12.7 Å². The topological polar surface area (TPSA) is 72.0 Å². The van der Waals surface area contributed by atoms with Crippen LogP contribution in [-0.4, -0.2) is 78.7 Å². The van der Waals surface area contributed by atoms with E-state index in [1.165, 1.54) is 4.90 Å². The Morgan fingerprint density at radius 3 is 2.79 bits per heavy atom. The zero-order valence-corrected chi connectivity index (χ0v) is 14.1. The van der Waals surface area contributed by atoms with Crippen molar-refractivity contribution in [3.8, 4) is 0 Å². The zero-order chi connectivity index (χ0) is 17.1. The van der Waals surface area contributed by atoms with Crippen LogP contribution in [0.5, 0.6) is 0 Å². The maximum atomic E-state index is 12.7. The molecule has 2 heterocycles. The first-order valence-electron chi connectivity index (χ1n) is 8.22. The summed E-state index contributed by atoms with van der Waals surface area (Å²) >= 11 is 0. The van der Waals surface area contributed by atoms with Crippen LogP contribution >= 0.6 is 0 Å². The van der Waals surface area contributed by atoms with E-state index in [-0.39, 0.29) is 36.7 Å². The highest BCUT2D eigenvalue weighted by Crippen LogP contribution is 2.33. The van der Waals surface area contributed by atoms with Crippen LogP contribution in [0.25, 0.3) is 0 Å². The van der Waals surface area contributed by atoms with E-state index in [0.29, 0.717) is 18.7 Å². The zero-order valence-electron chi connectivity index (χ0n) is 14.1. The van der Waals surface area contributed by atoms with Crippen molar-refractivity contribution in [2.24, 2.45) is 0 Å². The number of likely N-dealkylation sites (N-methyl/N-ethyl adjacent to an activating group) is 1.